The van der Waals surface area contributed by atoms with Gasteiger partial charge < -0.3 is 4.90 Å². The third-order valence-corrected chi connectivity index (χ3v) is 7.13. The van der Waals surface area contributed by atoms with E-state index in [9.17, 15) is 13.7 Å². The summed E-state index contributed by atoms with van der Waals surface area (Å²) in [6.45, 7) is 3.50. The van der Waals surface area contributed by atoms with E-state index in [4.69, 9.17) is 0 Å². The highest BCUT2D eigenvalue weighted by Gasteiger charge is 2.30. The van der Waals surface area contributed by atoms with Gasteiger partial charge >= 0.3 is 0 Å². The lowest BCUT2D eigenvalue weighted by molar-refractivity contribution is 0.383. The molecule has 0 saturated carbocycles. The molecule has 3 aromatic rings. The van der Waals surface area contributed by atoms with Crippen molar-refractivity contribution in [2.45, 2.75) is 11.8 Å². The first-order chi connectivity index (χ1) is 13.5. The number of anilines is 1. The van der Waals surface area contributed by atoms with Gasteiger partial charge in [-0.15, -0.1) is 0 Å². The summed E-state index contributed by atoms with van der Waals surface area (Å²) in [5.74, 6) is 0.620. The summed E-state index contributed by atoms with van der Waals surface area (Å²) >= 11 is 0. The number of aryl methyl sites for hydroxylation is 1. The number of pyridine rings is 1. The van der Waals surface area contributed by atoms with E-state index in [0.29, 0.717) is 42.5 Å². The number of benzene rings is 2. The average molecular weight is 392 g/mol. The molecule has 0 N–H and O–H groups in total. The Balaban J connectivity index is 1.59. The van der Waals surface area contributed by atoms with Gasteiger partial charge in [0.1, 0.15) is 11.9 Å². The van der Waals surface area contributed by atoms with Crippen LogP contribution in [0.25, 0.3) is 10.9 Å². The zero-order valence-corrected chi connectivity index (χ0v) is 16.4. The van der Waals surface area contributed by atoms with E-state index < -0.39 is 10.0 Å². The van der Waals surface area contributed by atoms with Gasteiger partial charge in [-0.2, -0.15) is 9.57 Å². The SMILES string of the molecule is Cc1ccccc1S(=O)(=O)N1CCN(c2nc3ccccc3cc2C#N)CC1. The molecule has 2 heterocycles. The Labute approximate surface area is 164 Å². The fourth-order valence-corrected chi connectivity index (χ4v) is 5.20. The van der Waals surface area contributed by atoms with Gasteiger partial charge in [-0.25, -0.2) is 13.4 Å². The summed E-state index contributed by atoms with van der Waals surface area (Å²) in [7, 11) is -3.53. The zero-order valence-electron chi connectivity index (χ0n) is 15.5. The molecule has 0 spiro atoms. The Morgan fingerprint density at radius 1 is 1.00 bits per heavy atom. The topological polar surface area (TPSA) is 77.3 Å². The van der Waals surface area contributed by atoms with Crippen molar-refractivity contribution in [1.82, 2.24) is 9.29 Å². The minimum absolute atomic E-state index is 0.352. The predicted molar refractivity (Wildman–Crippen MR) is 109 cm³/mol. The molecular formula is C21H20N4O2S. The van der Waals surface area contributed by atoms with Crippen LogP contribution in [0.3, 0.4) is 0 Å². The minimum atomic E-state index is -3.53. The van der Waals surface area contributed by atoms with Gasteiger partial charge in [0.15, 0.2) is 0 Å². The molecule has 1 aliphatic rings. The average Bonchev–Trinajstić information content (AvgIpc) is 2.73. The first-order valence-corrected chi connectivity index (χ1v) is 10.6. The van der Waals surface area contributed by atoms with Crippen molar-refractivity contribution in [3.63, 3.8) is 0 Å². The van der Waals surface area contributed by atoms with Crippen LogP contribution in [0.4, 0.5) is 5.82 Å². The number of hydrogen-bond donors (Lipinski definition) is 0. The summed E-state index contributed by atoms with van der Waals surface area (Å²) < 4.78 is 27.5. The number of sulfonamides is 1. The van der Waals surface area contributed by atoms with Crippen LogP contribution in [-0.4, -0.2) is 43.9 Å². The van der Waals surface area contributed by atoms with Crippen LogP contribution in [0.1, 0.15) is 11.1 Å². The van der Waals surface area contributed by atoms with Crippen LogP contribution in [0.5, 0.6) is 0 Å². The molecule has 0 radical (unpaired) electrons. The smallest absolute Gasteiger partial charge is 0.243 e. The molecule has 2 aromatic carbocycles. The number of para-hydroxylation sites is 1. The molecule has 1 fully saturated rings. The summed E-state index contributed by atoms with van der Waals surface area (Å²) in [5.41, 5.74) is 2.08. The molecule has 0 unspecified atom stereocenters. The van der Waals surface area contributed by atoms with Crippen molar-refractivity contribution in [2.24, 2.45) is 0 Å². The van der Waals surface area contributed by atoms with Crippen LogP contribution < -0.4 is 4.90 Å². The van der Waals surface area contributed by atoms with Crippen molar-refractivity contribution >= 4 is 26.7 Å². The van der Waals surface area contributed by atoms with Gasteiger partial charge in [0.25, 0.3) is 0 Å². The Morgan fingerprint density at radius 3 is 2.39 bits per heavy atom. The van der Waals surface area contributed by atoms with Crippen molar-refractivity contribution in [2.75, 3.05) is 31.1 Å². The Kier molecular flexibility index (Phi) is 4.75. The lowest BCUT2D eigenvalue weighted by Crippen LogP contribution is -2.49. The lowest BCUT2D eigenvalue weighted by Gasteiger charge is -2.35. The summed E-state index contributed by atoms with van der Waals surface area (Å²) in [6, 6.07) is 18.8. The summed E-state index contributed by atoms with van der Waals surface area (Å²) in [6.07, 6.45) is 0. The van der Waals surface area contributed by atoms with E-state index in [2.05, 4.69) is 11.1 Å². The molecule has 28 heavy (non-hydrogen) atoms. The van der Waals surface area contributed by atoms with Gasteiger partial charge in [0.05, 0.1) is 16.0 Å². The van der Waals surface area contributed by atoms with Gasteiger partial charge in [0.2, 0.25) is 10.0 Å². The maximum Gasteiger partial charge on any atom is 0.243 e. The molecular weight excluding hydrogens is 372 g/mol. The maximum atomic E-state index is 13.0. The van der Waals surface area contributed by atoms with Crippen LogP contribution in [0.2, 0.25) is 0 Å². The molecule has 1 aliphatic heterocycles. The van der Waals surface area contributed by atoms with Gasteiger partial charge in [0, 0.05) is 31.6 Å². The van der Waals surface area contributed by atoms with Crippen LogP contribution in [0, 0.1) is 18.3 Å². The van der Waals surface area contributed by atoms with Crippen molar-refractivity contribution in [1.29, 1.82) is 5.26 Å². The largest absolute Gasteiger partial charge is 0.353 e. The molecule has 0 aliphatic carbocycles. The van der Waals surface area contributed by atoms with Crippen LogP contribution >= 0.6 is 0 Å². The first kappa shape index (κ1) is 18.4. The van der Waals surface area contributed by atoms with Crippen LogP contribution in [-0.2, 0) is 10.0 Å². The number of piperazine rings is 1. The number of rotatable bonds is 3. The molecule has 1 saturated heterocycles. The zero-order chi connectivity index (χ0) is 19.7. The Bertz CT molecular complexity index is 1180. The van der Waals surface area contributed by atoms with Gasteiger partial charge in [-0.1, -0.05) is 36.4 Å². The Hall–Kier alpha value is -2.95. The van der Waals surface area contributed by atoms with Crippen molar-refractivity contribution in [3.05, 3.63) is 65.7 Å². The number of nitriles is 1. The minimum Gasteiger partial charge on any atom is -0.353 e. The monoisotopic (exact) mass is 392 g/mol. The maximum absolute atomic E-state index is 13.0. The molecule has 4 rings (SSSR count). The standard InChI is InChI=1S/C21H20N4O2S/c1-16-6-2-5-9-20(16)28(26,27)25-12-10-24(11-13-25)21-18(15-22)14-17-7-3-4-8-19(17)23-21/h2-9,14H,10-13H2,1H3. The van der Waals surface area contributed by atoms with E-state index in [1.54, 1.807) is 25.1 Å². The fraction of sp³-hybridized carbons (Fsp3) is 0.238. The Morgan fingerprint density at radius 2 is 1.68 bits per heavy atom. The second kappa shape index (κ2) is 7.23. The van der Waals surface area contributed by atoms with Crippen molar-refractivity contribution in [3.8, 4) is 6.07 Å². The summed E-state index contributed by atoms with van der Waals surface area (Å²) in [4.78, 5) is 7.01. The van der Waals surface area contributed by atoms with E-state index >= 15 is 0 Å². The first-order valence-electron chi connectivity index (χ1n) is 9.11. The molecule has 0 amide bonds. The predicted octanol–water partition coefficient (Wildman–Crippen LogP) is 2.93. The number of fused-ring (bicyclic) bond motifs is 1. The number of aromatic nitrogens is 1. The number of hydrogen-bond acceptors (Lipinski definition) is 5. The lowest BCUT2D eigenvalue weighted by atomic mass is 10.1. The van der Waals surface area contributed by atoms with Crippen LogP contribution in [0.15, 0.2) is 59.5 Å². The molecule has 7 heteroatoms. The van der Waals surface area contributed by atoms with Gasteiger partial charge in [-0.05, 0) is 30.7 Å². The highest BCUT2D eigenvalue weighted by Crippen LogP contribution is 2.26. The highest BCUT2D eigenvalue weighted by atomic mass is 32.2. The third-order valence-electron chi connectivity index (χ3n) is 5.07. The third kappa shape index (κ3) is 3.21. The second-order valence-corrected chi connectivity index (χ2v) is 8.73. The summed E-state index contributed by atoms with van der Waals surface area (Å²) in [5, 5.41) is 10.5. The molecule has 6 nitrogen and oxygen atoms in total. The van der Waals surface area contributed by atoms with Crippen molar-refractivity contribution < 1.29 is 8.42 Å². The number of nitrogens with zero attached hydrogens (tertiary/aromatic N) is 4. The molecule has 1 aromatic heterocycles. The fourth-order valence-electron chi connectivity index (χ4n) is 3.55. The van der Waals surface area contributed by atoms with E-state index in [0.717, 1.165) is 16.5 Å². The highest BCUT2D eigenvalue weighted by molar-refractivity contribution is 7.89. The normalized spacial score (nSPS) is 15.5. The van der Waals surface area contributed by atoms with E-state index in [1.807, 2.05) is 41.3 Å². The van der Waals surface area contributed by atoms with E-state index in [-0.39, 0.29) is 0 Å². The quantitative estimate of drug-likeness (QED) is 0.685. The van der Waals surface area contributed by atoms with E-state index in [1.165, 1.54) is 4.31 Å². The molecule has 0 bridgehead atoms. The van der Waals surface area contributed by atoms with Gasteiger partial charge in [-0.3, -0.25) is 0 Å². The molecule has 0 atom stereocenters. The molecule has 142 valence electrons. The second-order valence-electron chi connectivity index (χ2n) is 6.82.